The lowest BCUT2D eigenvalue weighted by Crippen LogP contribution is -2.59. The van der Waals surface area contributed by atoms with Gasteiger partial charge in [-0.1, -0.05) is 65.0 Å². The van der Waals surface area contributed by atoms with Gasteiger partial charge in [-0.25, -0.2) is 0 Å². The van der Waals surface area contributed by atoms with E-state index in [0.717, 1.165) is 5.56 Å². The predicted molar refractivity (Wildman–Crippen MR) is 148 cm³/mol. The van der Waals surface area contributed by atoms with Crippen molar-refractivity contribution in [2.75, 3.05) is 19.8 Å². The Morgan fingerprint density at radius 2 is 1.97 bits per heavy atom. The number of hydrogen-bond donors (Lipinski definition) is 1. The Bertz CT molecular complexity index is 1080. The molecule has 2 amide bonds. The van der Waals surface area contributed by atoms with Crippen molar-refractivity contribution in [2.45, 2.75) is 59.6 Å². The van der Waals surface area contributed by atoms with Gasteiger partial charge < -0.3 is 19.6 Å². The standard InChI is InChI=1S/C28H35BrN2O5S/c1-6-13-30(27(3,4)5)25(34)23-28-15-18(29)22(37-28)20(26(35)36-14-7-2)21(28)24(33)31(23)19(16-32)17-11-9-8-10-12-17/h6-12,18-23,32H,1-2,13-16H2,3-5H3/t18?,19-,20-,21+,22-,23?,28?/m1/s1. The average Bonchev–Trinajstić information content (AvgIpc) is 3.45. The summed E-state index contributed by atoms with van der Waals surface area (Å²) in [6.07, 6.45) is 3.74. The van der Waals surface area contributed by atoms with Crippen molar-refractivity contribution >= 4 is 45.5 Å². The number of rotatable bonds is 9. The highest BCUT2D eigenvalue weighted by molar-refractivity contribution is 9.09. The monoisotopic (exact) mass is 590 g/mol. The van der Waals surface area contributed by atoms with Crippen LogP contribution in [0.15, 0.2) is 55.6 Å². The number of hydrogen-bond acceptors (Lipinski definition) is 6. The van der Waals surface area contributed by atoms with Gasteiger partial charge in [-0.15, -0.1) is 18.3 Å². The summed E-state index contributed by atoms with van der Waals surface area (Å²) in [6.45, 7) is 13.3. The van der Waals surface area contributed by atoms with E-state index in [1.165, 1.54) is 6.08 Å². The summed E-state index contributed by atoms with van der Waals surface area (Å²) in [5.41, 5.74) is 0.201. The molecule has 4 rings (SSSR count). The Hall–Kier alpha value is -2.10. The number of halogens is 1. The zero-order chi connectivity index (χ0) is 27.1. The third-order valence-electron chi connectivity index (χ3n) is 7.66. The van der Waals surface area contributed by atoms with E-state index in [-0.39, 0.29) is 35.1 Å². The summed E-state index contributed by atoms with van der Waals surface area (Å²) >= 11 is 5.31. The number of esters is 1. The van der Waals surface area contributed by atoms with Crippen molar-refractivity contribution in [3.8, 4) is 0 Å². The first-order chi connectivity index (χ1) is 17.5. The average molecular weight is 592 g/mol. The van der Waals surface area contributed by atoms with E-state index in [1.54, 1.807) is 27.6 Å². The van der Waals surface area contributed by atoms with Crippen molar-refractivity contribution in [2.24, 2.45) is 11.8 Å². The third-order valence-corrected chi connectivity index (χ3v) is 10.9. The van der Waals surface area contributed by atoms with Crippen LogP contribution in [0.25, 0.3) is 0 Å². The van der Waals surface area contributed by atoms with E-state index in [4.69, 9.17) is 4.74 Å². The Balaban J connectivity index is 1.87. The van der Waals surface area contributed by atoms with Crippen LogP contribution >= 0.6 is 27.7 Å². The lowest BCUT2D eigenvalue weighted by atomic mass is 9.71. The van der Waals surface area contributed by atoms with Crippen LogP contribution in [0.5, 0.6) is 0 Å². The van der Waals surface area contributed by atoms with Gasteiger partial charge in [-0.3, -0.25) is 14.4 Å². The summed E-state index contributed by atoms with van der Waals surface area (Å²) in [6, 6.07) is 7.65. The Kier molecular flexibility index (Phi) is 7.98. The molecule has 3 heterocycles. The topological polar surface area (TPSA) is 87.2 Å². The van der Waals surface area contributed by atoms with Crippen molar-refractivity contribution < 1.29 is 24.2 Å². The van der Waals surface area contributed by atoms with E-state index in [1.807, 2.05) is 51.1 Å². The molecule has 7 atom stereocenters. The number of aliphatic hydroxyl groups is 1. The fourth-order valence-electron chi connectivity index (χ4n) is 6.19. The molecule has 37 heavy (non-hydrogen) atoms. The second-order valence-corrected chi connectivity index (χ2v) is 13.6. The number of benzene rings is 1. The SMILES string of the molecule is C=CCOC(=O)[C@H]1[C@@H]2SC3(CC2Br)C(C(=O)N(CC=C)C(C)(C)C)N([C@H](CO)c2ccccc2)C(=O)[C@H]13. The number of carbonyl (C=O) groups excluding carboxylic acids is 3. The van der Waals surface area contributed by atoms with E-state index in [2.05, 4.69) is 29.1 Å². The molecule has 0 saturated carbocycles. The lowest BCUT2D eigenvalue weighted by Gasteiger charge is -2.43. The quantitative estimate of drug-likeness (QED) is 0.268. The maximum atomic E-state index is 14.5. The van der Waals surface area contributed by atoms with Gasteiger partial charge in [0.2, 0.25) is 11.8 Å². The van der Waals surface area contributed by atoms with Crippen molar-refractivity contribution in [3.63, 3.8) is 0 Å². The van der Waals surface area contributed by atoms with Crippen LogP contribution in [0.1, 0.15) is 38.8 Å². The molecule has 2 bridgehead atoms. The molecule has 0 aliphatic carbocycles. The van der Waals surface area contributed by atoms with Crippen LogP contribution in [0, 0.1) is 11.8 Å². The van der Waals surface area contributed by atoms with E-state index < -0.39 is 40.2 Å². The normalized spacial score (nSPS) is 31.1. The predicted octanol–water partition coefficient (Wildman–Crippen LogP) is 3.73. The minimum Gasteiger partial charge on any atom is -0.461 e. The highest BCUT2D eigenvalue weighted by atomic mass is 79.9. The molecular weight excluding hydrogens is 556 g/mol. The molecule has 3 aliphatic heterocycles. The first kappa shape index (κ1) is 27.9. The maximum Gasteiger partial charge on any atom is 0.311 e. The van der Waals surface area contributed by atoms with Crippen LogP contribution in [0.4, 0.5) is 0 Å². The summed E-state index contributed by atoms with van der Waals surface area (Å²) in [5, 5.41) is 10.4. The largest absolute Gasteiger partial charge is 0.461 e. The number of nitrogens with zero attached hydrogens (tertiary/aromatic N) is 2. The highest BCUT2D eigenvalue weighted by Crippen LogP contribution is 2.68. The summed E-state index contributed by atoms with van der Waals surface area (Å²) < 4.78 is 4.62. The van der Waals surface area contributed by atoms with E-state index >= 15 is 0 Å². The molecule has 0 aromatic heterocycles. The molecule has 1 aromatic carbocycles. The summed E-state index contributed by atoms with van der Waals surface area (Å²) in [5.74, 6) is -2.37. The fourth-order valence-corrected chi connectivity index (χ4v) is 9.77. The fraction of sp³-hybridized carbons (Fsp3) is 0.536. The number of alkyl halides is 1. The summed E-state index contributed by atoms with van der Waals surface area (Å²) in [4.78, 5) is 45.4. The lowest BCUT2D eigenvalue weighted by molar-refractivity contribution is -0.153. The Morgan fingerprint density at radius 1 is 1.30 bits per heavy atom. The number of carbonyl (C=O) groups is 3. The Morgan fingerprint density at radius 3 is 2.54 bits per heavy atom. The van der Waals surface area contributed by atoms with Gasteiger partial charge >= 0.3 is 5.97 Å². The molecular formula is C28H35BrN2O5S. The molecule has 0 radical (unpaired) electrons. The number of ether oxygens (including phenoxy) is 1. The number of thioether (sulfide) groups is 1. The van der Waals surface area contributed by atoms with Gasteiger partial charge in [-0.05, 0) is 32.8 Å². The van der Waals surface area contributed by atoms with Crippen molar-refractivity contribution in [1.29, 1.82) is 0 Å². The van der Waals surface area contributed by atoms with Crippen molar-refractivity contribution in [3.05, 3.63) is 61.2 Å². The molecule has 3 aliphatic rings. The molecule has 7 nitrogen and oxygen atoms in total. The minimum atomic E-state index is -0.867. The third kappa shape index (κ3) is 4.57. The Labute approximate surface area is 231 Å². The molecule has 1 aromatic rings. The molecule has 3 unspecified atom stereocenters. The first-order valence-electron chi connectivity index (χ1n) is 12.5. The van der Waals surface area contributed by atoms with Crippen LogP contribution in [0.3, 0.4) is 0 Å². The smallest absolute Gasteiger partial charge is 0.311 e. The summed E-state index contributed by atoms with van der Waals surface area (Å²) in [7, 11) is 0. The number of aliphatic hydroxyl groups excluding tert-OH is 1. The van der Waals surface area contributed by atoms with Gasteiger partial charge in [0.1, 0.15) is 12.6 Å². The van der Waals surface area contributed by atoms with Crippen LogP contribution < -0.4 is 0 Å². The van der Waals surface area contributed by atoms with Gasteiger partial charge in [-0.2, -0.15) is 0 Å². The zero-order valence-electron chi connectivity index (χ0n) is 21.5. The number of likely N-dealkylation sites (tertiary alicyclic amines) is 1. The van der Waals surface area contributed by atoms with Crippen LogP contribution in [-0.4, -0.2) is 78.9 Å². The minimum absolute atomic E-state index is 0.0556. The second kappa shape index (κ2) is 10.6. The maximum absolute atomic E-state index is 14.5. The molecule has 1 spiro atoms. The molecule has 3 fully saturated rings. The van der Waals surface area contributed by atoms with Gasteiger partial charge in [0.05, 0.1) is 29.2 Å². The van der Waals surface area contributed by atoms with Crippen LogP contribution in [-0.2, 0) is 19.1 Å². The van der Waals surface area contributed by atoms with Gasteiger partial charge in [0, 0.05) is 22.2 Å². The highest BCUT2D eigenvalue weighted by Gasteiger charge is 2.77. The van der Waals surface area contributed by atoms with Gasteiger partial charge in [0.15, 0.2) is 0 Å². The molecule has 1 N–H and O–H groups in total. The van der Waals surface area contributed by atoms with E-state index in [9.17, 15) is 19.5 Å². The zero-order valence-corrected chi connectivity index (χ0v) is 23.9. The molecule has 200 valence electrons. The molecule has 9 heteroatoms. The first-order valence-corrected chi connectivity index (χ1v) is 14.3. The van der Waals surface area contributed by atoms with Crippen LogP contribution in [0.2, 0.25) is 0 Å². The molecule has 3 saturated heterocycles. The second-order valence-electron chi connectivity index (χ2n) is 10.8. The van der Waals surface area contributed by atoms with Crippen molar-refractivity contribution in [1.82, 2.24) is 9.80 Å². The van der Waals surface area contributed by atoms with Gasteiger partial charge in [0.25, 0.3) is 0 Å². The number of fused-ring (bicyclic) bond motifs is 1. The van der Waals surface area contributed by atoms with E-state index in [0.29, 0.717) is 13.0 Å². The number of amides is 2.